The van der Waals surface area contributed by atoms with Gasteiger partial charge in [0.05, 0.1) is 0 Å². The summed E-state index contributed by atoms with van der Waals surface area (Å²) in [5.74, 6) is 0.264. The third-order valence-electron chi connectivity index (χ3n) is 2.92. The van der Waals surface area contributed by atoms with Crippen molar-refractivity contribution in [3.05, 3.63) is 22.8 Å². The fourth-order valence-corrected chi connectivity index (χ4v) is 1.44. The van der Waals surface area contributed by atoms with Crippen molar-refractivity contribution < 1.29 is 4.79 Å². The zero-order chi connectivity index (χ0) is 9.52. The summed E-state index contributed by atoms with van der Waals surface area (Å²) in [6, 6.07) is 0. The minimum atomic E-state index is -0.288. The summed E-state index contributed by atoms with van der Waals surface area (Å²) in [5.41, 5.74) is 2.89. The first-order chi connectivity index (χ1) is 5.37. The lowest BCUT2D eigenvalue weighted by Gasteiger charge is -2.29. The van der Waals surface area contributed by atoms with E-state index in [0.717, 1.165) is 16.7 Å². The van der Waals surface area contributed by atoms with Gasteiger partial charge in [-0.25, -0.2) is 0 Å². The number of hydrogen-bond donors (Lipinski definition) is 0. The van der Waals surface area contributed by atoms with Crippen LogP contribution in [-0.4, -0.2) is 5.78 Å². The molecule has 1 rings (SSSR count). The molecule has 0 saturated heterocycles. The molecule has 0 radical (unpaired) electrons. The number of hydrogen-bond acceptors (Lipinski definition) is 1. The maximum atomic E-state index is 11.8. The molecule has 0 N–H and O–H groups in total. The number of carbonyl (C=O) groups is 1. The number of carbonyl (C=O) groups excluding carboxylic acids is 1. The van der Waals surface area contributed by atoms with Gasteiger partial charge in [-0.3, -0.25) is 4.79 Å². The van der Waals surface area contributed by atoms with E-state index >= 15 is 0 Å². The van der Waals surface area contributed by atoms with Crippen LogP contribution in [0.3, 0.4) is 0 Å². The molecule has 1 heteroatoms. The Hall–Kier alpha value is -0.850. The van der Waals surface area contributed by atoms with Gasteiger partial charge in [0.1, 0.15) is 0 Å². The van der Waals surface area contributed by atoms with Gasteiger partial charge >= 0.3 is 0 Å². The monoisotopic (exact) mass is 164 g/mol. The van der Waals surface area contributed by atoms with Gasteiger partial charge < -0.3 is 0 Å². The topological polar surface area (TPSA) is 17.1 Å². The van der Waals surface area contributed by atoms with Gasteiger partial charge in [0.2, 0.25) is 0 Å². The van der Waals surface area contributed by atoms with E-state index in [0.29, 0.717) is 0 Å². The van der Waals surface area contributed by atoms with Crippen molar-refractivity contribution in [2.75, 3.05) is 0 Å². The molecule has 1 aliphatic carbocycles. The van der Waals surface area contributed by atoms with E-state index in [4.69, 9.17) is 0 Å². The Bertz CT molecular complexity index is 286. The highest BCUT2D eigenvalue weighted by Gasteiger charge is 2.33. The fraction of sp³-hybridized carbons (Fsp3) is 0.545. The van der Waals surface area contributed by atoms with Crippen LogP contribution in [0.15, 0.2) is 22.8 Å². The maximum absolute atomic E-state index is 11.8. The molecule has 0 spiro atoms. The first kappa shape index (κ1) is 9.24. The lowest BCUT2D eigenvalue weighted by molar-refractivity contribution is -0.121. The predicted octanol–water partition coefficient (Wildman–Crippen LogP) is 2.88. The highest BCUT2D eigenvalue weighted by atomic mass is 16.1. The van der Waals surface area contributed by atoms with Crippen LogP contribution in [0, 0.1) is 5.41 Å². The molecular weight excluding hydrogens is 148 g/mol. The molecule has 0 amide bonds. The second-order valence-electron chi connectivity index (χ2n) is 4.09. The van der Waals surface area contributed by atoms with Gasteiger partial charge in [0, 0.05) is 5.41 Å². The molecule has 0 fully saturated rings. The van der Waals surface area contributed by atoms with Crippen LogP contribution in [0.1, 0.15) is 34.6 Å². The molecule has 0 bridgehead atoms. The maximum Gasteiger partial charge on any atom is 0.168 e. The van der Waals surface area contributed by atoms with Gasteiger partial charge in [0.15, 0.2) is 5.78 Å². The second kappa shape index (κ2) is 2.58. The van der Waals surface area contributed by atoms with Crippen molar-refractivity contribution in [3.63, 3.8) is 0 Å². The van der Waals surface area contributed by atoms with Crippen LogP contribution in [0.25, 0.3) is 0 Å². The number of rotatable bonds is 0. The molecule has 0 aromatic carbocycles. The molecular formula is C11H16O. The van der Waals surface area contributed by atoms with E-state index in [-0.39, 0.29) is 11.2 Å². The van der Waals surface area contributed by atoms with Crippen molar-refractivity contribution in [2.24, 2.45) is 5.41 Å². The molecule has 12 heavy (non-hydrogen) atoms. The molecule has 0 atom stereocenters. The summed E-state index contributed by atoms with van der Waals surface area (Å²) in [7, 11) is 0. The third kappa shape index (κ3) is 1.13. The van der Waals surface area contributed by atoms with E-state index in [9.17, 15) is 4.79 Å². The Morgan fingerprint density at radius 3 is 2.17 bits per heavy atom. The molecule has 0 aliphatic heterocycles. The van der Waals surface area contributed by atoms with Crippen molar-refractivity contribution in [1.82, 2.24) is 0 Å². The Balaban J connectivity index is 3.25. The lowest BCUT2D eigenvalue weighted by Crippen LogP contribution is -2.29. The van der Waals surface area contributed by atoms with E-state index < -0.39 is 0 Å². The van der Waals surface area contributed by atoms with E-state index in [1.807, 2.05) is 34.6 Å². The van der Waals surface area contributed by atoms with E-state index in [1.165, 1.54) is 0 Å². The fourth-order valence-electron chi connectivity index (χ4n) is 1.44. The zero-order valence-corrected chi connectivity index (χ0v) is 8.49. The molecule has 1 nitrogen and oxygen atoms in total. The van der Waals surface area contributed by atoms with Crippen LogP contribution in [0.4, 0.5) is 0 Å². The summed E-state index contributed by atoms with van der Waals surface area (Å²) in [5, 5.41) is 0. The van der Waals surface area contributed by atoms with Crippen molar-refractivity contribution in [3.8, 4) is 0 Å². The minimum Gasteiger partial charge on any atom is -0.294 e. The lowest BCUT2D eigenvalue weighted by atomic mass is 9.73. The SMILES string of the molecule is CC1=CC(C)=C(C)C(=O)C1(C)C. The second-order valence-corrected chi connectivity index (χ2v) is 4.09. The molecule has 0 aromatic heterocycles. The van der Waals surface area contributed by atoms with Crippen LogP contribution in [0.2, 0.25) is 0 Å². The van der Waals surface area contributed by atoms with E-state index in [2.05, 4.69) is 6.08 Å². The molecule has 0 aromatic rings. The Morgan fingerprint density at radius 1 is 1.17 bits per heavy atom. The van der Waals surface area contributed by atoms with Crippen molar-refractivity contribution in [2.45, 2.75) is 34.6 Å². The third-order valence-corrected chi connectivity index (χ3v) is 2.92. The summed E-state index contributed by atoms with van der Waals surface area (Å²) in [6.07, 6.45) is 2.11. The summed E-state index contributed by atoms with van der Waals surface area (Å²) >= 11 is 0. The first-order valence-corrected chi connectivity index (χ1v) is 4.28. The Labute approximate surface area is 74.2 Å². The number of ketones is 1. The normalized spacial score (nSPS) is 22.8. The summed E-state index contributed by atoms with van der Waals surface area (Å²) < 4.78 is 0. The van der Waals surface area contributed by atoms with Crippen LogP contribution < -0.4 is 0 Å². The van der Waals surface area contributed by atoms with Crippen LogP contribution in [-0.2, 0) is 4.79 Å². The molecule has 1 aliphatic rings. The molecule has 0 heterocycles. The standard InChI is InChI=1S/C11H16O/c1-7-6-8(2)11(4,5)10(12)9(7)3/h6H,1-5H3. The smallest absolute Gasteiger partial charge is 0.168 e. The van der Waals surface area contributed by atoms with Crippen molar-refractivity contribution >= 4 is 5.78 Å². The minimum absolute atomic E-state index is 0.264. The first-order valence-electron chi connectivity index (χ1n) is 4.28. The highest BCUT2D eigenvalue weighted by Crippen LogP contribution is 2.35. The summed E-state index contributed by atoms with van der Waals surface area (Å²) in [6.45, 7) is 9.89. The van der Waals surface area contributed by atoms with E-state index in [1.54, 1.807) is 0 Å². The molecule has 0 saturated carbocycles. The quantitative estimate of drug-likeness (QED) is 0.538. The Morgan fingerprint density at radius 2 is 1.67 bits per heavy atom. The van der Waals surface area contributed by atoms with Gasteiger partial charge in [0.25, 0.3) is 0 Å². The highest BCUT2D eigenvalue weighted by molar-refractivity contribution is 6.03. The van der Waals surface area contributed by atoms with Crippen LogP contribution in [0.5, 0.6) is 0 Å². The van der Waals surface area contributed by atoms with Gasteiger partial charge in [-0.1, -0.05) is 11.6 Å². The number of allylic oxidation sites excluding steroid dienone is 4. The Kier molecular flexibility index (Phi) is 1.99. The van der Waals surface area contributed by atoms with Gasteiger partial charge in [-0.05, 0) is 45.8 Å². The molecule has 0 unspecified atom stereocenters. The zero-order valence-electron chi connectivity index (χ0n) is 8.49. The largest absolute Gasteiger partial charge is 0.294 e. The van der Waals surface area contributed by atoms with Crippen molar-refractivity contribution in [1.29, 1.82) is 0 Å². The van der Waals surface area contributed by atoms with Gasteiger partial charge in [-0.2, -0.15) is 0 Å². The molecule has 66 valence electrons. The number of Topliss-reactive ketones (excluding diaryl/α,β-unsaturated/α-hetero) is 1. The average Bonchev–Trinajstić information content (AvgIpc) is 1.99. The predicted molar refractivity (Wildman–Crippen MR) is 50.9 cm³/mol. The van der Waals surface area contributed by atoms with Gasteiger partial charge in [-0.15, -0.1) is 0 Å². The summed E-state index contributed by atoms with van der Waals surface area (Å²) in [4.78, 5) is 11.8. The van der Waals surface area contributed by atoms with Crippen LogP contribution >= 0.6 is 0 Å². The average molecular weight is 164 g/mol.